The second-order valence-electron chi connectivity index (χ2n) is 5.99. The number of pyridine rings is 1. The third-order valence-electron chi connectivity index (χ3n) is 4.27. The SMILES string of the molecule is CC(CN)CN1CCN(c2nccc3c2ncn3C)CC1. The zero-order chi connectivity index (χ0) is 14.8. The fourth-order valence-electron chi connectivity index (χ4n) is 2.94. The summed E-state index contributed by atoms with van der Waals surface area (Å²) in [4.78, 5) is 13.9. The van der Waals surface area contributed by atoms with Gasteiger partial charge in [-0.25, -0.2) is 9.97 Å². The summed E-state index contributed by atoms with van der Waals surface area (Å²) in [5, 5.41) is 0. The van der Waals surface area contributed by atoms with Crippen molar-refractivity contribution < 1.29 is 0 Å². The summed E-state index contributed by atoms with van der Waals surface area (Å²) in [5.74, 6) is 1.58. The largest absolute Gasteiger partial charge is 0.352 e. The van der Waals surface area contributed by atoms with E-state index in [1.54, 1.807) is 0 Å². The Kier molecular flexibility index (Phi) is 4.07. The topological polar surface area (TPSA) is 63.2 Å². The number of rotatable bonds is 4. The molecule has 0 bridgehead atoms. The Morgan fingerprint density at radius 1 is 1.24 bits per heavy atom. The molecule has 0 amide bonds. The van der Waals surface area contributed by atoms with Gasteiger partial charge in [-0.15, -0.1) is 0 Å². The third-order valence-corrected chi connectivity index (χ3v) is 4.27. The van der Waals surface area contributed by atoms with Crippen molar-refractivity contribution in [3.8, 4) is 0 Å². The predicted molar refractivity (Wildman–Crippen MR) is 85.4 cm³/mol. The number of nitrogens with zero attached hydrogens (tertiary/aromatic N) is 5. The van der Waals surface area contributed by atoms with Crippen LogP contribution >= 0.6 is 0 Å². The van der Waals surface area contributed by atoms with Crippen molar-refractivity contribution in [2.75, 3.05) is 44.2 Å². The minimum atomic E-state index is 0.564. The van der Waals surface area contributed by atoms with Gasteiger partial charge in [0, 0.05) is 46.0 Å². The van der Waals surface area contributed by atoms with Gasteiger partial charge in [-0.05, 0) is 18.5 Å². The average Bonchev–Trinajstić information content (AvgIpc) is 2.90. The third kappa shape index (κ3) is 2.87. The van der Waals surface area contributed by atoms with Gasteiger partial charge in [0.2, 0.25) is 0 Å². The fourth-order valence-corrected chi connectivity index (χ4v) is 2.94. The molecular weight excluding hydrogens is 264 g/mol. The molecule has 1 aliphatic heterocycles. The van der Waals surface area contributed by atoms with Crippen LogP contribution in [-0.4, -0.2) is 58.7 Å². The number of fused-ring (bicyclic) bond motifs is 1. The molecule has 114 valence electrons. The molecule has 3 rings (SSSR count). The van der Waals surface area contributed by atoms with Gasteiger partial charge in [0.25, 0.3) is 0 Å². The van der Waals surface area contributed by atoms with Crippen LogP contribution in [0.2, 0.25) is 0 Å². The molecule has 6 nitrogen and oxygen atoms in total. The number of anilines is 1. The summed E-state index contributed by atoms with van der Waals surface area (Å²) >= 11 is 0. The Morgan fingerprint density at radius 3 is 2.71 bits per heavy atom. The second kappa shape index (κ2) is 5.99. The molecule has 1 aliphatic rings. The minimum absolute atomic E-state index is 0.564. The van der Waals surface area contributed by atoms with Gasteiger partial charge in [-0.2, -0.15) is 0 Å². The number of aromatic nitrogens is 3. The van der Waals surface area contributed by atoms with Gasteiger partial charge in [-0.3, -0.25) is 4.90 Å². The van der Waals surface area contributed by atoms with Gasteiger partial charge in [-0.1, -0.05) is 6.92 Å². The van der Waals surface area contributed by atoms with Crippen molar-refractivity contribution in [2.45, 2.75) is 6.92 Å². The molecule has 0 radical (unpaired) electrons. The van der Waals surface area contributed by atoms with E-state index in [2.05, 4.69) is 26.7 Å². The van der Waals surface area contributed by atoms with Gasteiger partial charge < -0.3 is 15.2 Å². The quantitative estimate of drug-likeness (QED) is 0.896. The van der Waals surface area contributed by atoms with E-state index >= 15 is 0 Å². The van der Waals surface area contributed by atoms with E-state index in [1.807, 2.05) is 30.2 Å². The van der Waals surface area contributed by atoms with E-state index in [4.69, 9.17) is 5.73 Å². The maximum atomic E-state index is 5.71. The van der Waals surface area contributed by atoms with E-state index in [-0.39, 0.29) is 0 Å². The highest BCUT2D eigenvalue weighted by Crippen LogP contribution is 2.23. The number of aryl methyl sites for hydroxylation is 1. The lowest BCUT2D eigenvalue weighted by atomic mass is 10.1. The van der Waals surface area contributed by atoms with Crippen LogP contribution < -0.4 is 10.6 Å². The zero-order valence-electron chi connectivity index (χ0n) is 12.9. The Hall–Kier alpha value is -1.66. The van der Waals surface area contributed by atoms with E-state index in [9.17, 15) is 0 Å². The smallest absolute Gasteiger partial charge is 0.156 e. The molecule has 1 fully saturated rings. The number of hydrogen-bond acceptors (Lipinski definition) is 5. The minimum Gasteiger partial charge on any atom is -0.352 e. The highest BCUT2D eigenvalue weighted by molar-refractivity contribution is 5.86. The molecule has 2 aromatic rings. The first kappa shape index (κ1) is 14.3. The highest BCUT2D eigenvalue weighted by Gasteiger charge is 2.21. The number of piperazine rings is 1. The Balaban J connectivity index is 1.71. The van der Waals surface area contributed by atoms with Gasteiger partial charge >= 0.3 is 0 Å². The van der Waals surface area contributed by atoms with Crippen LogP contribution in [0.5, 0.6) is 0 Å². The molecule has 1 atom stereocenters. The molecule has 1 saturated heterocycles. The lowest BCUT2D eigenvalue weighted by Crippen LogP contribution is -2.48. The summed E-state index contributed by atoms with van der Waals surface area (Å²) in [5.41, 5.74) is 7.86. The Labute approximate surface area is 125 Å². The van der Waals surface area contributed by atoms with Gasteiger partial charge in [0.05, 0.1) is 11.8 Å². The highest BCUT2D eigenvalue weighted by atomic mass is 15.3. The standard InChI is InChI=1S/C15H24N6/c1-12(9-16)10-20-5-7-21(8-6-20)15-14-13(3-4-17-15)19(2)11-18-14/h3-4,11-12H,5-10,16H2,1-2H3. The Bertz CT molecular complexity index is 599. The maximum Gasteiger partial charge on any atom is 0.156 e. The van der Waals surface area contributed by atoms with Crippen LogP contribution in [0.1, 0.15) is 6.92 Å². The first-order valence-corrected chi connectivity index (χ1v) is 7.62. The zero-order valence-corrected chi connectivity index (χ0v) is 12.9. The fraction of sp³-hybridized carbons (Fsp3) is 0.600. The molecule has 0 saturated carbocycles. The summed E-state index contributed by atoms with van der Waals surface area (Å²) < 4.78 is 2.04. The molecule has 6 heteroatoms. The van der Waals surface area contributed by atoms with Crippen molar-refractivity contribution in [1.82, 2.24) is 19.4 Å². The van der Waals surface area contributed by atoms with Crippen molar-refractivity contribution in [3.63, 3.8) is 0 Å². The molecule has 3 heterocycles. The molecule has 0 spiro atoms. The monoisotopic (exact) mass is 288 g/mol. The summed E-state index contributed by atoms with van der Waals surface area (Å²) in [6, 6.07) is 2.02. The van der Waals surface area contributed by atoms with Crippen molar-refractivity contribution in [1.29, 1.82) is 0 Å². The number of hydrogen-bond donors (Lipinski definition) is 1. The van der Waals surface area contributed by atoms with Crippen LogP contribution in [0.4, 0.5) is 5.82 Å². The van der Waals surface area contributed by atoms with E-state index in [0.29, 0.717) is 5.92 Å². The lowest BCUT2D eigenvalue weighted by molar-refractivity contribution is 0.227. The van der Waals surface area contributed by atoms with Crippen LogP contribution in [0, 0.1) is 5.92 Å². The van der Waals surface area contributed by atoms with Crippen LogP contribution in [0.15, 0.2) is 18.6 Å². The molecule has 0 aliphatic carbocycles. The Morgan fingerprint density at radius 2 is 2.00 bits per heavy atom. The molecule has 2 N–H and O–H groups in total. The average molecular weight is 288 g/mol. The number of imidazole rings is 1. The summed E-state index contributed by atoms with van der Waals surface area (Å²) in [7, 11) is 2.02. The predicted octanol–water partition coefficient (Wildman–Crippen LogP) is 0.685. The van der Waals surface area contributed by atoms with Crippen LogP contribution in [0.25, 0.3) is 11.0 Å². The molecule has 0 aromatic carbocycles. The van der Waals surface area contributed by atoms with E-state index in [1.165, 1.54) is 0 Å². The van der Waals surface area contributed by atoms with Crippen LogP contribution in [-0.2, 0) is 7.05 Å². The first-order valence-electron chi connectivity index (χ1n) is 7.62. The second-order valence-corrected chi connectivity index (χ2v) is 5.99. The van der Waals surface area contributed by atoms with E-state index < -0.39 is 0 Å². The molecule has 21 heavy (non-hydrogen) atoms. The van der Waals surface area contributed by atoms with Crippen molar-refractivity contribution in [3.05, 3.63) is 18.6 Å². The molecule has 2 aromatic heterocycles. The number of nitrogens with two attached hydrogens (primary N) is 1. The molecular formula is C15H24N6. The maximum absolute atomic E-state index is 5.71. The normalized spacial score (nSPS) is 18.3. The van der Waals surface area contributed by atoms with Gasteiger partial charge in [0.1, 0.15) is 5.52 Å². The summed E-state index contributed by atoms with van der Waals surface area (Å²) in [6.07, 6.45) is 3.73. The van der Waals surface area contributed by atoms with Crippen molar-refractivity contribution in [2.24, 2.45) is 18.7 Å². The van der Waals surface area contributed by atoms with Gasteiger partial charge in [0.15, 0.2) is 5.82 Å². The van der Waals surface area contributed by atoms with Crippen LogP contribution in [0.3, 0.4) is 0 Å². The first-order chi connectivity index (χ1) is 10.2. The lowest BCUT2D eigenvalue weighted by Gasteiger charge is -2.36. The summed E-state index contributed by atoms with van der Waals surface area (Å²) in [6.45, 7) is 8.19. The van der Waals surface area contributed by atoms with E-state index in [0.717, 1.165) is 56.1 Å². The molecule has 1 unspecified atom stereocenters. The van der Waals surface area contributed by atoms with Crippen molar-refractivity contribution >= 4 is 16.9 Å².